The van der Waals surface area contributed by atoms with Gasteiger partial charge >= 0.3 is 11.6 Å². The van der Waals surface area contributed by atoms with Crippen molar-refractivity contribution >= 4 is 5.69 Å². The van der Waals surface area contributed by atoms with Crippen LogP contribution in [-0.4, -0.2) is 24.4 Å². The van der Waals surface area contributed by atoms with Crippen molar-refractivity contribution < 1.29 is 9.66 Å². The van der Waals surface area contributed by atoms with Crippen LogP contribution in [0, 0.1) is 10.1 Å². The lowest BCUT2D eigenvalue weighted by Crippen LogP contribution is -2.05. The van der Waals surface area contributed by atoms with Gasteiger partial charge in [0.2, 0.25) is 5.82 Å². The third-order valence-electron chi connectivity index (χ3n) is 3.46. The molecule has 0 saturated heterocycles. The number of imidazole rings is 1. The molecule has 2 aromatic heterocycles. The van der Waals surface area contributed by atoms with Gasteiger partial charge in [0.25, 0.3) is 0 Å². The molecular weight excluding hydrogens is 310 g/mol. The molecule has 24 heavy (non-hydrogen) atoms. The van der Waals surface area contributed by atoms with Crippen molar-refractivity contribution in [2.24, 2.45) is 0 Å². The van der Waals surface area contributed by atoms with Gasteiger partial charge in [-0.25, -0.2) is 9.97 Å². The highest BCUT2D eigenvalue weighted by Gasteiger charge is 2.26. The number of benzene rings is 1. The van der Waals surface area contributed by atoms with Crippen molar-refractivity contribution in [1.29, 1.82) is 0 Å². The predicted octanol–water partition coefficient (Wildman–Crippen LogP) is 3.49. The molecule has 2 heterocycles. The molecule has 0 atom stereocenters. The molecule has 0 radical (unpaired) electrons. The lowest BCUT2D eigenvalue weighted by molar-refractivity contribution is -0.386. The first-order valence-electron chi connectivity index (χ1n) is 7.32. The predicted molar refractivity (Wildman–Crippen MR) is 86.4 cm³/mol. The molecule has 0 fully saturated rings. The molecule has 1 aromatic carbocycles. The van der Waals surface area contributed by atoms with Crippen LogP contribution in [0.25, 0.3) is 5.82 Å². The second-order valence-corrected chi connectivity index (χ2v) is 5.40. The Labute approximate surface area is 137 Å². The van der Waals surface area contributed by atoms with Crippen LogP contribution in [0.4, 0.5) is 5.69 Å². The summed E-state index contributed by atoms with van der Waals surface area (Å²) in [4.78, 5) is 22.7. The van der Waals surface area contributed by atoms with E-state index in [1.807, 2.05) is 12.1 Å². The summed E-state index contributed by atoms with van der Waals surface area (Å²) in [6.07, 6.45) is 5.73. The van der Waals surface area contributed by atoms with Crippen molar-refractivity contribution in [3.05, 3.63) is 65.0 Å². The van der Waals surface area contributed by atoms with Crippen LogP contribution >= 0.6 is 0 Å². The first-order chi connectivity index (χ1) is 11.6. The Morgan fingerprint density at radius 2 is 1.96 bits per heavy atom. The quantitative estimate of drug-likeness (QED) is 0.526. The fourth-order valence-corrected chi connectivity index (χ4v) is 2.19. The van der Waals surface area contributed by atoms with Gasteiger partial charge in [0.1, 0.15) is 18.4 Å². The van der Waals surface area contributed by atoms with Gasteiger partial charge in [0.05, 0.1) is 4.92 Å². The molecule has 0 aliphatic heterocycles. The summed E-state index contributed by atoms with van der Waals surface area (Å²) in [6, 6.07) is 7.36. The highest BCUT2D eigenvalue weighted by molar-refractivity contribution is 5.54. The fourth-order valence-electron chi connectivity index (χ4n) is 2.19. The van der Waals surface area contributed by atoms with Crippen molar-refractivity contribution in [2.75, 3.05) is 0 Å². The highest BCUT2D eigenvalue weighted by Crippen LogP contribution is 2.33. The summed E-state index contributed by atoms with van der Waals surface area (Å²) >= 11 is 0. The van der Waals surface area contributed by atoms with Crippen molar-refractivity contribution in [3.8, 4) is 17.4 Å². The fraction of sp³-hybridized carbons (Fsp3) is 0.188. The van der Waals surface area contributed by atoms with Crippen molar-refractivity contribution in [2.45, 2.75) is 19.8 Å². The largest absolute Gasteiger partial charge is 0.434 e. The van der Waals surface area contributed by atoms with E-state index in [4.69, 9.17) is 4.74 Å². The average molecular weight is 325 g/mol. The Morgan fingerprint density at radius 1 is 1.21 bits per heavy atom. The normalized spacial score (nSPS) is 10.8. The Balaban J connectivity index is 1.99. The average Bonchev–Trinajstić information content (AvgIpc) is 3.09. The van der Waals surface area contributed by atoms with Gasteiger partial charge in [-0.2, -0.15) is 4.98 Å². The second kappa shape index (κ2) is 6.45. The molecule has 0 aliphatic carbocycles. The Hall–Kier alpha value is -3.29. The van der Waals surface area contributed by atoms with Gasteiger partial charge in [0, 0.05) is 12.4 Å². The van der Waals surface area contributed by atoms with E-state index in [0.717, 1.165) is 5.56 Å². The van der Waals surface area contributed by atoms with E-state index in [0.29, 0.717) is 11.7 Å². The lowest BCUT2D eigenvalue weighted by Gasteiger charge is -2.09. The first kappa shape index (κ1) is 15.6. The second-order valence-electron chi connectivity index (χ2n) is 5.40. The van der Waals surface area contributed by atoms with Crippen molar-refractivity contribution in [3.63, 3.8) is 0 Å². The number of nitro groups is 1. The monoisotopic (exact) mass is 325 g/mol. The van der Waals surface area contributed by atoms with Gasteiger partial charge in [-0.05, 0) is 23.6 Å². The number of hydrogen-bond acceptors (Lipinski definition) is 6. The number of rotatable bonds is 5. The van der Waals surface area contributed by atoms with Crippen LogP contribution in [0.1, 0.15) is 25.3 Å². The van der Waals surface area contributed by atoms with E-state index < -0.39 is 4.92 Å². The zero-order chi connectivity index (χ0) is 17.1. The topological polar surface area (TPSA) is 96.0 Å². The number of ether oxygens (including phenoxy) is 1. The molecule has 0 spiro atoms. The summed E-state index contributed by atoms with van der Waals surface area (Å²) in [5.41, 5.74) is 0.835. The zero-order valence-corrected chi connectivity index (χ0v) is 13.2. The van der Waals surface area contributed by atoms with E-state index in [-0.39, 0.29) is 17.4 Å². The third kappa shape index (κ3) is 3.07. The van der Waals surface area contributed by atoms with E-state index in [9.17, 15) is 10.1 Å². The van der Waals surface area contributed by atoms with Crippen LogP contribution < -0.4 is 4.74 Å². The van der Waals surface area contributed by atoms with E-state index in [1.54, 1.807) is 18.3 Å². The maximum Gasteiger partial charge on any atom is 0.374 e. The van der Waals surface area contributed by atoms with Gasteiger partial charge in [-0.3, -0.25) is 14.7 Å². The van der Waals surface area contributed by atoms with Crippen LogP contribution in [0.3, 0.4) is 0 Å². The summed E-state index contributed by atoms with van der Waals surface area (Å²) in [5.74, 6) is 0.843. The maximum absolute atomic E-state index is 11.5. The SMILES string of the molecule is CC(C)c1ccc(Oc2ncnc(-n3ccnc3)c2[N+](=O)[O-])cc1. The minimum absolute atomic E-state index is 0.0984. The Morgan fingerprint density at radius 3 is 2.54 bits per heavy atom. The minimum Gasteiger partial charge on any atom is -0.434 e. The minimum atomic E-state index is -0.562. The third-order valence-corrected chi connectivity index (χ3v) is 3.46. The lowest BCUT2D eigenvalue weighted by atomic mass is 10.0. The number of hydrogen-bond donors (Lipinski definition) is 0. The van der Waals surface area contributed by atoms with E-state index in [1.165, 1.54) is 23.4 Å². The molecule has 3 rings (SSSR count). The summed E-state index contributed by atoms with van der Waals surface area (Å²) in [5, 5.41) is 11.5. The molecule has 0 saturated carbocycles. The van der Waals surface area contributed by atoms with Gasteiger partial charge in [-0.1, -0.05) is 26.0 Å². The molecule has 0 N–H and O–H groups in total. The smallest absolute Gasteiger partial charge is 0.374 e. The molecule has 8 heteroatoms. The molecule has 0 unspecified atom stereocenters. The van der Waals surface area contributed by atoms with E-state index in [2.05, 4.69) is 28.8 Å². The van der Waals surface area contributed by atoms with Gasteiger partial charge in [0.15, 0.2) is 0 Å². The summed E-state index contributed by atoms with van der Waals surface area (Å²) in [6.45, 7) is 4.17. The first-order valence-corrected chi connectivity index (χ1v) is 7.32. The molecule has 0 bridgehead atoms. The zero-order valence-electron chi connectivity index (χ0n) is 13.2. The molecule has 8 nitrogen and oxygen atoms in total. The molecule has 0 amide bonds. The van der Waals surface area contributed by atoms with Crippen LogP contribution in [0.5, 0.6) is 11.6 Å². The Bertz CT molecular complexity index is 845. The van der Waals surface area contributed by atoms with Gasteiger partial charge in [-0.15, -0.1) is 0 Å². The number of aromatic nitrogens is 4. The summed E-state index contributed by atoms with van der Waals surface area (Å²) in [7, 11) is 0. The molecule has 0 aliphatic rings. The molecular formula is C16H15N5O3. The maximum atomic E-state index is 11.5. The van der Waals surface area contributed by atoms with Crippen molar-refractivity contribution in [1.82, 2.24) is 19.5 Å². The van der Waals surface area contributed by atoms with Crippen LogP contribution in [0.2, 0.25) is 0 Å². The highest BCUT2D eigenvalue weighted by atomic mass is 16.6. The number of nitrogens with zero attached hydrogens (tertiary/aromatic N) is 5. The van der Waals surface area contributed by atoms with Crippen LogP contribution in [0.15, 0.2) is 49.3 Å². The van der Waals surface area contributed by atoms with Crippen LogP contribution in [-0.2, 0) is 0 Å². The standard InChI is InChI=1S/C16H15N5O3/c1-11(2)12-3-5-13(6-4-12)24-16-14(21(22)23)15(18-9-19-16)20-8-7-17-10-20/h3-11H,1-2H3. The van der Waals surface area contributed by atoms with E-state index >= 15 is 0 Å². The Kier molecular flexibility index (Phi) is 4.19. The molecule has 3 aromatic rings. The molecule has 122 valence electrons. The van der Waals surface area contributed by atoms with Gasteiger partial charge < -0.3 is 4.74 Å². The summed E-state index contributed by atoms with van der Waals surface area (Å²) < 4.78 is 7.06.